The number of nitrogens with zero attached hydrogens (tertiary/aromatic N) is 4. The van der Waals surface area contributed by atoms with Crippen molar-refractivity contribution in [2.24, 2.45) is 0 Å². The SMILES string of the molecule is Nc1nc(N)c2ncn([C@@H]3O[C@H](COP(=O)(O)OP(=O)(O)OP(=O)(O)O)[C@H](O)[C@H]3O)c2n1. The highest BCUT2D eigenvalue weighted by molar-refractivity contribution is 7.66. The topological polar surface area (TPSA) is 305 Å². The Labute approximate surface area is 177 Å². The highest BCUT2D eigenvalue weighted by Crippen LogP contribution is 2.66. The van der Waals surface area contributed by atoms with Crippen molar-refractivity contribution < 1.29 is 61.4 Å². The lowest BCUT2D eigenvalue weighted by atomic mass is 10.1. The van der Waals surface area contributed by atoms with Gasteiger partial charge in [0.1, 0.15) is 23.8 Å². The number of fused-ring (bicyclic) bond motifs is 1. The average molecular weight is 522 g/mol. The first-order valence-corrected chi connectivity index (χ1v) is 12.7. The molecule has 0 saturated carbocycles. The zero-order chi connectivity index (χ0) is 24.1. The summed E-state index contributed by atoms with van der Waals surface area (Å²) >= 11 is 0. The molecule has 3 rings (SSSR count). The minimum absolute atomic E-state index is 0.0415. The highest BCUT2D eigenvalue weighted by atomic mass is 31.3. The third-order valence-corrected chi connectivity index (χ3v) is 7.70. The molecule has 0 aromatic carbocycles. The molecule has 180 valence electrons. The summed E-state index contributed by atoms with van der Waals surface area (Å²) in [5.41, 5.74) is 11.4. The number of aliphatic hydroxyl groups excluding tert-OH is 2. The van der Waals surface area contributed by atoms with Crippen LogP contribution in [0.25, 0.3) is 11.2 Å². The number of phosphoric acid groups is 3. The summed E-state index contributed by atoms with van der Waals surface area (Å²) in [5, 5.41) is 20.5. The Morgan fingerprint density at radius 3 is 2.31 bits per heavy atom. The second-order valence-electron chi connectivity index (χ2n) is 6.22. The molecule has 2 aromatic heterocycles. The molecule has 1 saturated heterocycles. The maximum Gasteiger partial charge on any atom is 0.490 e. The molecule has 0 aliphatic carbocycles. The van der Waals surface area contributed by atoms with E-state index in [0.717, 1.165) is 10.9 Å². The largest absolute Gasteiger partial charge is 0.490 e. The van der Waals surface area contributed by atoms with E-state index in [-0.39, 0.29) is 22.9 Å². The standard InChI is InChI=1S/C10H17N6O13P3/c11-7-4-8(15-10(12)14-7)16(2-13-4)9-6(18)5(17)3(27-9)1-26-31(22,23)29-32(24,25)28-30(19,20)21/h2-3,5-6,9,17-18H,1H2,(H,22,23)(H,24,25)(H2,19,20,21)(H4,11,12,14,15)/t3-,5+,6-,9-/m1/s1. The fraction of sp³-hybridized carbons (Fsp3) is 0.500. The van der Waals surface area contributed by atoms with Crippen molar-refractivity contribution in [3.8, 4) is 0 Å². The molecule has 0 amide bonds. The molecule has 19 nitrogen and oxygen atoms in total. The quantitative estimate of drug-likeness (QED) is 0.173. The number of imidazole rings is 1. The second kappa shape index (κ2) is 8.66. The Morgan fingerprint density at radius 2 is 1.69 bits per heavy atom. The van der Waals surface area contributed by atoms with Crippen LogP contribution in [0.4, 0.5) is 11.8 Å². The molecule has 0 radical (unpaired) electrons. The zero-order valence-electron chi connectivity index (χ0n) is 15.4. The average Bonchev–Trinajstić information content (AvgIpc) is 3.12. The van der Waals surface area contributed by atoms with E-state index in [2.05, 4.69) is 28.1 Å². The monoisotopic (exact) mass is 522 g/mol. The zero-order valence-corrected chi connectivity index (χ0v) is 18.1. The van der Waals surface area contributed by atoms with Gasteiger partial charge in [-0.05, 0) is 0 Å². The van der Waals surface area contributed by atoms with E-state index < -0.39 is 54.6 Å². The minimum Gasteiger partial charge on any atom is -0.387 e. The fourth-order valence-electron chi connectivity index (χ4n) is 2.71. The van der Waals surface area contributed by atoms with Gasteiger partial charge in [0.2, 0.25) is 5.95 Å². The van der Waals surface area contributed by atoms with Crippen molar-refractivity contribution in [2.75, 3.05) is 18.1 Å². The van der Waals surface area contributed by atoms with E-state index in [9.17, 15) is 28.8 Å². The molecule has 2 unspecified atom stereocenters. The minimum atomic E-state index is -5.72. The summed E-state index contributed by atoms with van der Waals surface area (Å²) in [6, 6.07) is 0. The number of nitrogen functional groups attached to an aromatic ring is 2. The summed E-state index contributed by atoms with van der Waals surface area (Å²) in [4.78, 5) is 47.2. The number of anilines is 2. The van der Waals surface area contributed by atoms with Gasteiger partial charge < -0.3 is 46.0 Å². The lowest BCUT2D eigenvalue weighted by Crippen LogP contribution is -2.33. The van der Waals surface area contributed by atoms with Gasteiger partial charge in [-0.1, -0.05) is 0 Å². The molecule has 1 aliphatic rings. The molecule has 0 spiro atoms. The first-order chi connectivity index (χ1) is 14.6. The summed E-state index contributed by atoms with van der Waals surface area (Å²) < 4.78 is 51.9. The third-order valence-electron chi connectivity index (χ3n) is 3.89. The van der Waals surface area contributed by atoms with E-state index in [1.165, 1.54) is 0 Å². The number of hydrogen-bond acceptors (Lipinski definition) is 14. The predicted molar refractivity (Wildman–Crippen MR) is 99.9 cm³/mol. The van der Waals surface area contributed by atoms with E-state index in [0.29, 0.717) is 0 Å². The lowest BCUT2D eigenvalue weighted by Gasteiger charge is -2.19. The van der Waals surface area contributed by atoms with Gasteiger partial charge in [0.05, 0.1) is 12.9 Å². The number of phosphoric ester groups is 1. The van der Waals surface area contributed by atoms with Crippen LogP contribution in [0.1, 0.15) is 6.23 Å². The van der Waals surface area contributed by atoms with Crippen molar-refractivity contribution in [1.82, 2.24) is 19.5 Å². The highest BCUT2D eigenvalue weighted by Gasteiger charge is 2.47. The molecule has 22 heteroatoms. The van der Waals surface area contributed by atoms with Gasteiger partial charge in [-0.2, -0.15) is 18.6 Å². The van der Waals surface area contributed by atoms with Crippen LogP contribution in [0.2, 0.25) is 0 Å². The van der Waals surface area contributed by atoms with Crippen LogP contribution in [0, 0.1) is 0 Å². The van der Waals surface area contributed by atoms with E-state index in [1.54, 1.807) is 0 Å². The first-order valence-electron chi connectivity index (χ1n) is 8.14. The molecule has 0 bridgehead atoms. The molecular formula is C10H17N6O13P3. The van der Waals surface area contributed by atoms with Gasteiger partial charge in [0, 0.05) is 0 Å². The Kier molecular flexibility index (Phi) is 6.78. The molecule has 10 N–H and O–H groups in total. The second-order valence-corrected chi connectivity index (χ2v) is 10.6. The summed E-state index contributed by atoms with van der Waals surface area (Å²) in [6.45, 7) is -0.982. The molecule has 6 atom stereocenters. The molecule has 1 aliphatic heterocycles. The maximum absolute atomic E-state index is 11.8. The van der Waals surface area contributed by atoms with Gasteiger partial charge in [0.15, 0.2) is 17.7 Å². The fourth-order valence-corrected chi connectivity index (χ4v) is 5.74. The Hall–Kier alpha value is -1.56. The van der Waals surface area contributed by atoms with E-state index >= 15 is 0 Å². The molecule has 32 heavy (non-hydrogen) atoms. The Morgan fingerprint density at radius 1 is 1.03 bits per heavy atom. The number of nitrogens with two attached hydrogens (primary N) is 2. The Bertz CT molecular complexity index is 1150. The summed E-state index contributed by atoms with van der Waals surface area (Å²) in [5.74, 6) is -0.280. The van der Waals surface area contributed by atoms with Crippen molar-refractivity contribution >= 4 is 46.4 Å². The molecule has 2 aromatic rings. The van der Waals surface area contributed by atoms with Crippen molar-refractivity contribution in [3.05, 3.63) is 6.33 Å². The van der Waals surface area contributed by atoms with Gasteiger partial charge in [-0.15, -0.1) is 0 Å². The summed E-state index contributed by atoms with van der Waals surface area (Å²) in [7, 11) is -16.7. The van der Waals surface area contributed by atoms with Crippen LogP contribution in [0.5, 0.6) is 0 Å². The van der Waals surface area contributed by atoms with Crippen LogP contribution in [-0.4, -0.2) is 74.2 Å². The van der Waals surface area contributed by atoms with Crippen molar-refractivity contribution in [1.29, 1.82) is 0 Å². The summed E-state index contributed by atoms with van der Waals surface area (Å²) in [6.07, 6.45) is -5.03. The molecule has 1 fully saturated rings. The maximum atomic E-state index is 11.8. The van der Waals surface area contributed by atoms with Crippen LogP contribution in [0.3, 0.4) is 0 Å². The Balaban J connectivity index is 1.72. The molecule has 3 heterocycles. The van der Waals surface area contributed by atoms with Crippen LogP contribution in [0.15, 0.2) is 6.33 Å². The third kappa shape index (κ3) is 5.67. The van der Waals surface area contributed by atoms with Gasteiger partial charge in [0.25, 0.3) is 0 Å². The smallest absolute Gasteiger partial charge is 0.387 e. The van der Waals surface area contributed by atoms with E-state index in [4.69, 9.17) is 30.9 Å². The predicted octanol–water partition coefficient (Wildman–Crippen LogP) is -2.05. The number of rotatable bonds is 8. The first kappa shape index (κ1) is 25.1. The van der Waals surface area contributed by atoms with Gasteiger partial charge in [-0.25, -0.2) is 18.7 Å². The molecular weight excluding hydrogens is 505 g/mol. The van der Waals surface area contributed by atoms with E-state index in [1.807, 2.05) is 0 Å². The van der Waals surface area contributed by atoms with Crippen molar-refractivity contribution in [2.45, 2.75) is 24.5 Å². The number of ether oxygens (including phenoxy) is 1. The van der Waals surface area contributed by atoms with Gasteiger partial charge >= 0.3 is 23.5 Å². The van der Waals surface area contributed by atoms with Crippen LogP contribution < -0.4 is 11.5 Å². The van der Waals surface area contributed by atoms with Gasteiger partial charge in [-0.3, -0.25) is 9.09 Å². The van der Waals surface area contributed by atoms with Crippen molar-refractivity contribution in [3.63, 3.8) is 0 Å². The number of hydrogen-bond donors (Lipinski definition) is 8. The van der Waals surface area contributed by atoms with Crippen LogP contribution in [-0.2, 0) is 31.6 Å². The number of aliphatic hydroxyl groups is 2. The lowest BCUT2D eigenvalue weighted by molar-refractivity contribution is -0.0503. The van der Waals surface area contributed by atoms with Crippen LogP contribution >= 0.6 is 23.5 Å². The number of aromatic nitrogens is 4. The normalized spacial score (nSPS) is 27.9.